The summed E-state index contributed by atoms with van der Waals surface area (Å²) in [6.45, 7) is 2.69. The number of amides is 3. The molecule has 5 atom stereocenters. The van der Waals surface area contributed by atoms with Crippen molar-refractivity contribution in [3.63, 3.8) is 0 Å². The molecule has 0 aliphatic rings. The van der Waals surface area contributed by atoms with Crippen molar-refractivity contribution < 1.29 is 29.4 Å². The van der Waals surface area contributed by atoms with Crippen LogP contribution in [-0.2, 0) is 32.0 Å². The minimum atomic E-state index is -1.44. The number of hydrogen-bond acceptors (Lipinski definition) is 6. The normalized spacial score (nSPS) is 14.9. The zero-order valence-corrected chi connectivity index (χ0v) is 24.1. The van der Waals surface area contributed by atoms with Crippen LogP contribution >= 0.6 is 0 Å². The van der Waals surface area contributed by atoms with E-state index < -0.39 is 54.5 Å². The first kappa shape index (κ1) is 31.3. The number of nitrogens with two attached hydrogens (primary N) is 1. The maximum absolute atomic E-state index is 13.5. The molecule has 0 saturated carbocycles. The molecular formula is C31H38N6O6. The fourth-order valence-corrected chi connectivity index (χ4v) is 5.04. The smallest absolute Gasteiger partial charge is 0.326 e. The van der Waals surface area contributed by atoms with E-state index in [9.17, 15) is 29.4 Å². The molecule has 0 fully saturated rings. The summed E-state index contributed by atoms with van der Waals surface area (Å²) in [6, 6.07) is 10.3. The number of benzene rings is 2. The number of aromatic amines is 2. The van der Waals surface area contributed by atoms with Gasteiger partial charge in [0.1, 0.15) is 18.1 Å². The van der Waals surface area contributed by atoms with Gasteiger partial charge in [0.05, 0.1) is 12.6 Å². The number of aliphatic hydroxyl groups excluding tert-OH is 1. The molecule has 2 aromatic carbocycles. The van der Waals surface area contributed by atoms with E-state index in [1.807, 2.05) is 48.5 Å². The summed E-state index contributed by atoms with van der Waals surface area (Å²) in [5.41, 5.74) is 9.64. The SMILES string of the molecule is CCC(C)C(NC(=O)C(CO)NC(=O)C(Cc1c[nH]c2ccccc12)NC(=O)C(N)Cc1c[nH]c2ccccc12)C(=O)O. The Kier molecular flexibility index (Phi) is 10.2. The zero-order valence-electron chi connectivity index (χ0n) is 24.1. The number of fused-ring (bicyclic) bond motifs is 2. The van der Waals surface area contributed by atoms with Gasteiger partial charge in [0, 0.05) is 40.6 Å². The number of carbonyl (C=O) groups excluding carboxylic acids is 3. The Morgan fingerprint density at radius 3 is 1.84 bits per heavy atom. The first-order chi connectivity index (χ1) is 20.6. The molecule has 0 aliphatic carbocycles. The summed E-state index contributed by atoms with van der Waals surface area (Å²) in [4.78, 5) is 57.8. The Balaban J connectivity index is 1.52. The second-order valence-electron chi connectivity index (χ2n) is 10.7. The summed E-state index contributed by atoms with van der Waals surface area (Å²) in [5, 5.41) is 28.9. The van der Waals surface area contributed by atoms with Crippen LogP contribution < -0.4 is 21.7 Å². The maximum atomic E-state index is 13.5. The number of para-hydroxylation sites is 2. The van der Waals surface area contributed by atoms with Gasteiger partial charge in [0.2, 0.25) is 17.7 Å². The molecule has 5 unspecified atom stereocenters. The van der Waals surface area contributed by atoms with E-state index in [4.69, 9.17) is 5.73 Å². The van der Waals surface area contributed by atoms with Gasteiger partial charge in [-0.2, -0.15) is 0 Å². The van der Waals surface area contributed by atoms with Crippen LogP contribution in [0.2, 0.25) is 0 Å². The van der Waals surface area contributed by atoms with Crippen LogP contribution in [0.3, 0.4) is 0 Å². The van der Waals surface area contributed by atoms with Crippen LogP contribution in [-0.4, -0.2) is 74.6 Å². The summed E-state index contributed by atoms with van der Waals surface area (Å²) in [7, 11) is 0. The molecule has 0 aliphatic heterocycles. The molecule has 0 radical (unpaired) electrons. The van der Waals surface area contributed by atoms with Gasteiger partial charge in [-0.3, -0.25) is 14.4 Å². The van der Waals surface area contributed by atoms with Gasteiger partial charge >= 0.3 is 5.97 Å². The van der Waals surface area contributed by atoms with Gasteiger partial charge in [-0.1, -0.05) is 56.7 Å². The monoisotopic (exact) mass is 590 g/mol. The number of hydrogen-bond donors (Lipinski definition) is 8. The number of H-pyrrole nitrogens is 2. The standard InChI is InChI=1S/C31H38N6O6/c1-3-17(2)27(31(42)43)37-30(41)26(16-38)36-29(40)25(13-19-15-34-24-11-7-5-9-21(19)24)35-28(39)22(32)12-18-14-33-23-10-6-4-8-20(18)23/h4-11,14-15,17,22,25-27,33-34,38H,3,12-13,16,32H2,1-2H3,(H,35,39)(H,36,40)(H,37,41)(H,42,43). The third-order valence-electron chi connectivity index (χ3n) is 7.78. The van der Waals surface area contributed by atoms with Gasteiger partial charge in [-0.15, -0.1) is 0 Å². The zero-order chi connectivity index (χ0) is 31.1. The van der Waals surface area contributed by atoms with E-state index in [0.29, 0.717) is 6.42 Å². The minimum absolute atomic E-state index is 0.0613. The number of nitrogens with one attached hydrogen (secondary N) is 5. The molecule has 2 aromatic heterocycles. The van der Waals surface area contributed by atoms with Crippen LogP contribution in [0, 0.1) is 5.92 Å². The molecule has 2 heterocycles. The topological polar surface area (TPSA) is 202 Å². The predicted octanol–water partition coefficient (Wildman–Crippen LogP) is 1.34. The van der Waals surface area contributed by atoms with E-state index in [-0.39, 0.29) is 18.8 Å². The molecule has 0 spiro atoms. The van der Waals surface area contributed by atoms with Crippen molar-refractivity contribution in [2.45, 2.75) is 57.3 Å². The number of rotatable bonds is 14. The summed E-state index contributed by atoms with van der Waals surface area (Å²) in [5.74, 6) is -3.76. The Morgan fingerprint density at radius 1 is 0.791 bits per heavy atom. The molecule has 228 valence electrons. The number of carbonyl (C=O) groups is 4. The van der Waals surface area contributed by atoms with Crippen LogP contribution in [0.15, 0.2) is 60.9 Å². The van der Waals surface area contributed by atoms with Crippen LogP contribution in [0.25, 0.3) is 21.8 Å². The molecule has 12 heteroatoms. The number of aromatic nitrogens is 2. The number of aliphatic carboxylic acids is 1. The third-order valence-corrected chi connectivity index (χ3v) is 7.78. The van der Waals surface area contributed by atoms with Crippen molar-refractivity contribution in [3.8, 4) is 0 Å². The van der Waals surface area contributed by atoms with Crippen molar-refractivity contribution in [2.75, 3.05) is 6.61 Å². The number of carboxylic acids is 1. The molecule has 0 bridgehead atoms. The summed E-state index contributed by atoms with van der Waals surface area (Å²) in [6.07, 6.45) is 4.30. The van der Waals surface area contributed by atoms with Crippen molar-refractivity contribution in [3.05, 3.63) is 72.1 Å². The molecule has 4 rings (SSSR count). The quantitative estimate of drug-likeness (QED) is 0.108. The van der Waals surface area contributed by atoms with Crippen molar-refractivity contribution in [2.24, 2.45) is 11.7 Å². The fourth-order valence-electron chi connectivity index (χ4n) is 5.04. The first-order valence-corrected chi connectivity index (χ1v) is 14.2. The van der Waals surface area contributed by atoms with Crippen LogP contribution in [0.5, 0.6) is 0 Å². The van der Waals surface area contributed by atoms with E-state index in [1.165, 1.54) is 0 Å². The summed E-state index contributed by atoms with van der Waals surface area (Å²) < 4.78 is 0. The highest BCUT2D eigenvalue weighted by atomic mass is 16.4. The molecule has 4 aromatic rings. The Labute approximate surface area is 248 Å². The second kappa shape index (κ2) is 14.0. The Morgan fingerprint density at radius 2 is 1.30 bits per heavy atom. The lowest BCUT2D eigenvalue weighted by Gasteiger charge is -2.25. The lowest BCUT2D eigenvalue weighted by molar-refractivity contribution is -0.144. The van der Waals surface area contributed by atoms with E-state index >= 15 is 0 Å². The van der Waals surface area contributed by atoms with Gasteiger partial charge in [-0.25, -0.2) is 4.79 Å². The van der Waals surface area contributed by atoms with E-state index in [0.717, 1.165) is 32.9 Å². The highest BCUT2D eigenvalue weighted by Crippen LogP contribution is 2.21. The fraction of sp³-hybridized carbons (Fsp3) is 0.355. The first-order valence-electron chi connectivity index (χ1n) is 14.2. The highest BCUT2D eigenvalue weighted by Gasteiger charge is 2.32. The summed E-state index contributed by atoms with van der Waals surface area (Å²) >= 11 is 0. The van der Waals surface area contributed by atoms with Gasteiger partial charge in [0.25, 0.3) is 0 Å². The molecule has 9 N–H and O–H groups in total. The average molecular weight is 591 g/mol. The Hall–Kier alpha value is -4.68. The minimum Gasteiger partial charge on any atom is -0.480 e. The molecule has 43 heavy (non-hydrogen) atoms. The number of aliphatic hydroxyl groups is 1. The largest absolute Gasteiger partial charge is 0.480 e. The van der Waals surface area contributed by atoms with Crippen LogP contribution in [0.4, 0.5) is 0 Å². The predicted molar refractivity (Wildman–Crippen MR) is 162 cm³/mol. The van der Waals surface area contributed by atoms with Crippen LogP contribution in [0.1, 0.15) is 31.4 Å². The van der Waals surface area contributed by atoms with Crippen molar-refractivity contribution in [1.82, 2.24) is 25.9 Å². The van der Waals surface area contributed by atoms with E-state index in [1.54, 1.807) is 26.2 Å². The van der Waals surface area contributed by atoms with Gasteiger partial charge in [-0.05, 0) is 35.6 Å². The van der Waals surface area contributed by atoms with Gasteiger partial charge < -0.3 is 41.9 Å². The van der Waals surface area contributed by atoms with Crippen molar-refractivity contribution >= 4 is 45.5 Å². The lowest BCUT2D eigenvalue weighted by Crippen LogP contribution is -2.59. The average Bonchev–Trinajstić information content (AvgIpc) is 3.61. The molecular weight excluding hydrogens is 552 g/mol. The molecule has 0 saturated heterocycles. The Bertz CT molecular complexity index is 1600. The third kappa shape index (κ3) is 7.40. The highest BCUT2D eigenvalue weighted by molar-refractivity contribution is 5.95. The maximum Gasteiger partial charge on any atom is 0.326 e. The number of carboxylic acid groups (broad SMARTS) is 1. The second-order valence-corrected chi connectivity index (χ2v) is 10.7. The van der Waals surface area contributed by atoms with Crippen molar-refractivity contribution in [1.29, 1.82) is 0 Å². The van der Waals surface area contributed by atoms with E-state index in [2.05, 4.69) is 25.9 Å². The molecule has 12 nitrogen and oxygen atoms in total. The van der Waals surface area contributed by atoms with Gasteiger partial charge in [0.15, 0.2) is 0 Å². The molecule has 3 amide bonds. The lowest BCUT2D eigenvalue weighted by atomic mass is 9.99.